The molecule has 0 unspecified atom stereocenters. The van der Waals surface area contributed by atoms with Gasteiger partial charge in [0.1, 0.15) is 5.70 Å². The summed E-state index contributed by atoms with van der Waals surface area (Å²) in [5.41, 5.74) is 8.31. The third-order valence-electron chi connectivity index (χ3n) is 4.25. The fourth-order valence-electron chi connectivity index (χ4n) is 2.73. The first kappa shape index (κ1) is 20.7. The van der Waals surface area contributed by atoms with Crippen LogP contribution in [0.3, 0.4) is 0 Å². The molecule has 0 atom stereocenters. The van der Waals surface area contributed by atoms with E-state index < -0.39 is 11.7 Å². The SMILES string of the molecule is Cc1nn(Cc2ccc(Cl)c(Cl)c2)c(C)c1NC(=O)C(N)=CC(=O)c1ccco1. The number of nitrogens with zero attached hydrogens (tertiary/aromatic N) is 2. The summed E-state index contributed by atoms with van der Waals surface area (Å²) in [6.45, 7) is 4.03. The molecule has 150 valence electrons. The van der Waals surface area contributed by atoms with Crippen molar-refractivity contribution >= 4 is 40.6 Å². The van der Waals surface area contributed by atoms with Crippen molar-refractivity contribution in [1.29, 1.82) is 0 Å². The van der Waals surface area contributed by atoms with Crippen LogP contribution in [0.25, 0.3) is 0 Å². The number of rotatable bonds is 6. The molecule has 9 heteroatoms. The Morgan fingerprint density at radius 3 is 2.66 bits per heavy atom. The van der Waals surface area contributed by atoms with E-state index in [4.69, 9.17) is 33.4 Å². The number of hydrogen-bond acceptors (Lipinski definition) is 5. The lowest BCUT2D eigenvalue weighted by Crippen LogP contribution is -2.22. The van der Waals surface area contributed by atoms with Crippen LogP contribution in [0.2, 0.25) is 10.0 Å². The van der Waals surface area contributed by atoms with Gasteiger partial charge in [-0.25, -0.2) is 0 Å². The van der Waals surface area contributed by atoms with Gasteiger partial charge in [0.15, 0.2) is 5.76 Å². The Hall–Kier alpha value is -3.03. The maximum Gasteiger partial charge on any atom is 0.271 e. The second kappa shape index (κ2) is 8.55. The van der Waals surface area contributed by atoms with Crippen molar-refractivity contribution in [2.24, 2.45) is 5.73 Å². The zero-order valence-electron chi connectivity index (χ0n) is 15.7. The van der Waals surface area contributed by atoms with Gasteiger partial charge in [-0.15, -0.1) is 0 Å². The van der Waals surface area contributed by atoms with Gasteiger partial charge < -0.3 is 15.5 Å². The number of amides is 1. The Morgan fingerprint density at radius 2 is 2.00 bits per heavy atom. The average molecular weight is 433 g/mol. The number of carbonyl (C=O) groups excluding carboxylic acids is 2. The highest BCUT2D eigenvalue weighted by molar-refractivity contribution is 6.42. The quantitative estimate of drug-likeness (QED) is 0.450. The molecule has 3 N–H and O–H groups in total. The van der Waals surface area contributed by atoms with Gasteiger partial charge in [-0.05, 0) is 43.7 Å². The molecular formula is C20H18Cl2N4O3. The van der Waals surface area contributed by atoms with E-state index >= 15 is 0 Å². The zero-order valence-corrected chi connectivity index (χ0v) is 17.2. The van der Waals surface area contributed by atoms with Crippen LogP contribution in [-0.4, -0.2) is 21.5 Å². The van der Waals surface area contributed by atoms with Crippen molar-refractivity contribution < 1.29 is 14.0 Å². The maximum absolute atomic E-state index is 12.4. The maximum atomic E-state index is 12.4. The lowest BCUT2D eigenvalue weighted by molar-refractivity contribution is -0.112. The number of ketones is 1. The Kier molecular flexibility index (Phi) is 6.10. The number of carbonyl (C=O) groups is 2. The highest BCUT2D eigenvalue weighted by Crippen LogP contribution is 2.25. The lowest BCUT2D eigenvalue weighted by atomic mass is 10.2. The molecule has 0 aliphatic heterocycles. The van der Waals surface area contributed by atoms with E-state index in [9.17, 15) is 9.59 Å². The van der Waals surface area contributed by atoms with Crippen molar-refractivity contribution in [3.05, 3.63) is 81.1 Å². The fourth-order valence-corrected chi connectivity index (χ4v) is 3.05. The molecule has 0 radical (unpaired) electrons. The number of furan rings is 1. The molecule has 29 heavy (non-hydrogen) atoms. The molecule has 0 aliphatic rings. The first-order valence-corrected chi connectivity index (χ1v) is 9.36. The van der Waals surface area contributed by atoms with Crippen molar-refractivity contribution in [3.63, 3.8) is 0 Å². The number of nitrogens with two attached hydrogens (primary N) is 1. The standard InChI is InChI=1S/C20H18Cl2N4O3/c1-11-19(24-20(28)16(23)9-17(27)18-4-3-7-29-18)12(2)26(25-11)10-13-5-6-14(21)15(22)8-13/h3-9H,10,23H2,1-2H3,(H,24,28). The van der Waals surface area contributed by atoms with Crippen LogP contribution >= 0.6 is 23.2 Å². The third-order valence-corrected chi connectivity index (χ3v) is 4.99. The van der Waals surface area contributed by atoms with Gasteiger partial charge in [-0.2, -0.15) is 5.10 Å². The molecule has 1 amide bonds. The molecular weight excluding hydrogens is 415 g/mol. The third kappa shape index (κ3) is 4.70. The van der Waals surface area contributed by atoms with Crippen molar-refractivity contribution in [2.45, 2.75) is 20.4 Å². The van der Waals surface area contributed by atoms with Gasteiger partial charge in [0.2, 0.25) is 5.78 Å². The molecule has 0 saturated heterocycles. The predicted molar refractivity (Wildman–Crippen MR) is 111 cm³/mol. The molecule has 1 aromatic carbocycles. The average Bonchev–Trinajstić information content (AvgIpc) is 3.29. The Bertz CT molecular complexity index is 1100. The van der Waals surface area contributed by atoms with Crippen LogP contribution in [0.5, 0.6) is 0 Å². The normalized spacial score (nSPS) is 11.5. The minimum atomic E-state index is -0.606. The highest BCUT2D eigenvalue weighted by atomic mass is 35.5. The smallest absolute Gasteiger partial charge is 0.271 e. The highest BCUT2D eigenvalue weighted by Gasteiger charge is 2.17. The van der Waals surface area contributed by atoms with Crippen molar-refractivity contribution in [1.82, 2.24) is 9.78 Å². The number of hydrogen-bond donors (Lipinski definition) is 2. The van der Waals surface area contributed by atoms with Gasteiger partial charge >= 0.3 is 0 Å². The summed E-state index contributed by atoms with van der Waals surface area (Å²) in [4.78, 5) is 24.4. The predicted octanol–water partition coefficient (Wildman–Crippen LogP) is 4.11. The van der Waals surface area contributed by atoms with E-state index in [0.717, 1.165) is 17.3 Å². The molecule has 0 aliphatic carbocycles. The van der Waals surface area contributed by atoms with Gasteiger partial charge in [0, 0.05) is 6.08 Å². The minimum absolute atomic E-state index is 0.0996. The second-order valence-corrected chi connectivity index (χ2v) is 7.16. The van der Waals surface area contributed by atoms with E-state index in [0.29, 0.717) is 28.0 Å². The molecule has 0 spiro atoms. The number of aryl methyl sites for hydroxylation is 1. The Morgan fingerprint density at radius 1 is 1.24 bits per heavy atom. The van der Waals surface area contributed by atoms with Gasteiger partial charge in [0.05, 0.1) is 39.9 Å². The number of allylic oxidation sites excluding steroid dienone is 1. The van der Waals surface area contributed by atoms with Gasteiger partial charge in [0.25, 0.3) is 5.91 Å². The van der Waals surface area contributed by atoms with Gasteiger partial charge in [-0.1, -0.05) is 29.3 Å². The van der Waals surface area contributed by atoms with Crippen LogP contribution in [0.4, 0.5) is 5.69 Å². The Balaban J connectivity index is 1.76. The number of halogens is 2. The summed E-state index contributed by atoms with van der Waals surface area (Å²) >= 11 is 12.0. The van der Waals surface area contributed by atoms with E-state index in [1.807, 2.05) is 13.0 Å². The van der Waals surface area contributed by atoms with E-state index in [1.54, 1.807) is 29.8 Å². The van der Waals surface area contributed by atoms with Crippen LogP contribution in [0, 0.1) is 13.8 Å². The zero-order chi connectivity index (χ0) is 21.1. The molecule has 0 bridgehead atoms. The van der Waals surface area contributed by atoms with Gasteiger partial charge in [-0.3, -0.25) is 14.3 Å². The summed E-state index contributed by atoms with van der Waals surface area (Å²) in [5, 5.41) is 8.10. The topological polar surface area (TPSA) is 103 Å². The van der Waals surface area contributed by atoms with Crippen molar-refractivity contribution in [2.75, 3.05) is 5.32 Å². The molecule has 3 rings (SSSR count). The van der Waals surface area contributed by atoms with Crippen LogP contribution in [0.15, 0.2) is 52.8 Å². The van der Waals surface area contributed by atoms with E-state index in [1.165, 1.54) is 12.3 Å². The Labute approximate surface area is 177 Å². The largest absolute Gasteiger partial charge is 0.461 e. The molecule has 2 heterocycles. The molecule has 7 nitrogen and oxygen atoms in total. The summed E-state index contributed by atoms with van der Waals surface area (Å²) in [6, 6.07) is 8.40. The monoisotopic (exact) mass is 432 g/mol. The second-order valence-electron chi connectivity index (χ2n) is 6.35. The number of anilines is 1. The molecule has 0 saturated carbocycles. The fraction of sp³-hybridized carbons (Fsp3) is 0.150. The number of benzene rings is 1. The van der Waals surface area contributed by atoms with E-state index in [-0.39, 0.29) is 11.5 Å². The molecule has 2 aromatic heterocycles. The summed E-state index contributed by atoms with van der Waals surface area (Å²) < 4.78 is 6.73. The van der Waals surface area contributed by atoms with Crippen molar-refractivity contribution in [3.8, 4) is 0 Å². The molecule has 0 fully saturated rings. The lowest BCUT2D eigenvalue weighted by Gasteiger charge is -2.08. The minimum Gasteiger partial charge on any atom is -0.461 e. The molecule has 3 aromatic rings. The number of nitrogens with one attached hydrogen (secondary N) is 1. The van der Waals surface area contributed by atoms with Crippen LogP contribution in [-0.2, 0) is 11.3 Å². The first-order chi connectivity index (χ1) is 13.8. The van der Waals surface area contributed by atoms with Crippen LogP contribution in [0.1, 0.15) is 27.5 Å². The van der Waals surface area contributed by atoms with Crippen LogP contribution < -0.4 is 11.1 Å². The first-order valence-electron chi connectivity index (χ1n) is 8.60. The van der Waals surface area contributed by atoms with E-state index in [2.05, 4.69) is 10.4 Å². The number of aromatic nitrogens is 2. The summed E-state index contributed by atoms with van der Waals surface area (Å²) in [7, 11) is 0. The summed E-state index contributed by atoms with van der Waals surface area (Å²) in [6.07, 6.45) is 2.39. The summed E-state index contributed by atoms with van der Waals surface area (Å²) in [5.74, 6) is -1.00.